The van der Waals surface area contributed by atoms with Crippen molar-refractivity contribution in [3.63, 3.8) is 0 Å². The standard InChI is InChI=1S/C15H16N4O4/c1-9(13(20)18-8-4-7-12(18)15(22)23)19-14(21)10-5-2-3-6-11(10)16-17-19/h2-3,5-6,9,12H,4,7-8H2,1H3,(H,22,23). The molecule has 0 spiro atoms. The van der Waals surface area contributed by atoms with Gasteiger partial charge < -0.3 is 10.0 Å². The molecule has 1 aliphatic heterocycles. The molecule has 1 aromatic carbocycles. The van der Waals surface area contributed by atoms with Crippen LogP contribution in [-0.4, -0.2) is 49.5 Å². The Kier molecular flexibility index (Phi) is 3.81. The van der Waals surface area contributed by atoms with Crippen molar-refractivity contribution in [1.29, 1.82) is 0 Å². The van der Waals surface area contributed by atoms with E-state index in [1.54, 1.807) is 24.3 Å². The van der Waals surface area contributed by atoms with Gasteiger partial charge >= 0.3 is 5.97 Å². The first-order valence-electron chi connectivity index (χ1n) is 7.38. The van der Waals surface area contributed by atoms with Gasteiger partial charge in [0.25, 0.3) is 5.56 Å². The van der Waals surface area contributed by atoms with Crippen LogP contribution in [0.15, 0.2) is 29.1 Å². The summed E-state index contributed by atoms with van der Waals surface area (Å²) in [7, 11) is 0. The number of nitrogens with zero attached hydrogens (tertiary/aromatic N) is 4. The summed E-state index contributed by atoms with van der Waals surface area (Å²) in [5.74, 6) is -1.46. The van der Waals surface area contributed by atoms with Crippen molar-refractivity contribution in [2.24, 2.45) is 0 Å². The number of carboxylic acid groups (broad SMARTS) is 1. The summed E-state index contributed by atoms with van der Waals surface area (Å²) in [6, 6.07) is 5.01. The van der Waals surface area contributed by atoms with Crippen LogP contribution in [0.3, 0.4) is 0 Å². The van der Waals surface area contributed by atoms with Gasteiger partial charge in [-0.2, -0.15) is 4.68 Å². The van der Waals surface area contributed by atoms with E-state index >= 15 is 0 Å². The highest BCUT2D eigenvalue weighted by Crippen LogP contribution is 2.21. The minimum absolute atomic E-state index is 0.371. The number of carbonyl (C=O) groups excluding carboxylic acids is 1. The molecule has 2 unspecified atom stereocenters. The summed E-state index contributed by atoms with van der Waals surface area (Å²) in [5.41, 5.74) is 0.0421. The summed E-state index contributed by atoms with van der Waals surface area (Å²) in [4.78, 5) is 37.6. The Morgan fingerprint density at radius 2 is 2.09 bits per heavy atom. The van der Waals surface area contributed by atoms with E-state index in [4.69, 9.17) is 0 Å². The van der Waals surface area contributed by atoms with E-state index in [1.807, 2.05) is 0 Å². The van der Waals surface area contributed by atoms with Crippen LogP contribution in [0.5, 0.6) is 0 Å². The predicted octanol–water partition coefficient (Wildman–Crippen LogP) is 0.428. The lowest BCUT2D eigenvalue weighted by atomic mass is 10.2. The van der Waals surface area contributed by atoms with E-state index in [0.29, 0.717) is 30.3 Å². The van der Waals surface area contributed by atoms with Crippen LogP contribution in [0, 0.1) is 0 Å². The van der Waals surface area contributed by atoms with Crippen LogP contribution in [0.25, 0.3) is 10.9 Å². The molecule has 8 heteroatoms. The predicted molar refractivity (Wildman–Crippen MR) is 80.9 cm³/mol. The van der Waals surface area contributed by atoms with E-state index in [-0.39, 0.29) is 0 Å². The first kappa shape index (κ1) is 15.1. The van der Waals surface area contributed by atoms with Crippen LogP contribution in [0.2, 0.25) is 0 Å². The molecule has 8 nitrogen and oxygen atoms in total. The van der Waals surface area contributed by atoms with Crippen LogP contribution >= 0.6 is 0 Å². The molecule has 1 aromatic heterocycles. The summed E-state index contributed by atoms with van der Waals surface area (Å²) >= 11 is 0. The third-order valence-corrected chi connectivity index (χ3v) is 4.14. The fraction of sp³-hybridized carbons (Fsp3) is 0.400. The molecule has 0 bridgehead atoms. The summed E-state index contributed by atoms with van der Waals surface area (Å²) < 4.78 is 1.02. The van der Waals surface area contributed by atoms with Crippen molar-refractivity contribution in [3.05, 3.63) is 34.6 Å². The van der Waals surface area contributed by atoms with Crippen molar-refractivity contribution in [2.45, 2.75) is 31.8 Å². The monoisotopic (exact) mass is 316 g/mol. The number of benzene rings is 1. The number of likely N-dealkylation sites (tertiary alicyclic amines) is 1. The first-order valence-corrected chi connectivity index (χ1v) is 7.38. The highest BCUT2D eigenvalue weighted by Gasteiger charge is 2.37. The topological polar surface area (TPSA) is 105 Å². The van der Waals surface area contributed by atoms with Crippen molar-refractivity contribution >= 4 is 22.8 Å². The van der Waals surface area contributed by atoms with Crippen LogP contribution in [0.1, 0.15) is 25.8 Å². The van der Waals surface area contributed by atoms with Gasteiger partial charge in [0, 0.05) is 6.54 Å². The molecular weight excluding hydrogens is 300 g/mol. The molecule has 1 amide bonds. The van der Waals surface area contributed by atoms with E-state index in [0.717, 1.165) is 4.68 Å². The van der Waals surface area contributed by atoms with Gasteiger partial charge in [-0.25, -0.2) is 4.79 Å². The quantitative estimate of drug-likeness (QED) is 0.880. The van der Waals surface area contributed by atoms with Gasteiger partial charge in [0.05, 0.1) is 5.39 Å². The Bertz CT molecular complexity index is 832. The molecule has 23 heavy (non-hydrogen) atoms. The number of hydrogen-bond donors (Lipinski definition) is 1. The summed E-state index contributed by atoms with van der Waals surface area (Å²) in [6.45, 7) is 1.90. The SMILES string of the molecule is CC(C(=O)N1CCCC1C(=O)O)n1nnc2ccccc2c1=O. The highest BCUT2D eigenvalue weighted by molar-refractivity contribution is 5.86. The Balaban J connectivity index is 1.95. The zero-order valence-electron chi connectivity index (χ0n) is 12.5. The number of fused-ring (bicyclic) bond motifs is 1. The Morgan fingerprint density at radius 1 is 1.35 bits per heavy atom. The fourth-order valence-corrected chi connectivity index (χ4v) is 2.89. The summed E-state index contributed by atoms with van der Waals surface area (Å²) in [6.07, 6.45) is 1.06. The van der Waals surface area contributed by atoms with Gasteiger partial charge in [0.2, 0.25) is 5.91 Å². The number of carbonyl (C=O) groups is 2. The maximum absolute atomic E-state index is 12.6. The van der Waals surface area contributed by atoms with Crippen molar-refractivity contribution in [2.75, 3.05) is 6.54 Å². The molecule has 0 aliphatic carbocycles. The number of aromatic nitrogens is 3. The van der Waals surface area contributed by atoms with Crippen LogP contribution < -0.4 is 5.56 Å². The van der Waals surface area contributed by atoms with Gasteiger partial charge in [-0.3, -0.25) is 9.59 Å². The van der Waals surface area contributed by atoms with Crippen molar-refractivity contribution < 1.29 is 14.7 Å². The van der Waals surface area contributed by atoms with Gasteiger partial charge in [0.15, 0.2) is 0 Å². The second-order valence-electron chi connectivity index (χ2n) is 5.56. The van der Waals surface area contributed by atoms with E-state index < -0.39 is 29.5 Å². The second-order valence-corrected chi connectivity index (χ2v) is 5.56. The average molecular weight is 316 g/mol. The number of carboxylic acids is 1. The lowest BCUT2D eigenvalue weighted by Crippen LogP contribution is -2.45. The summed E-state index contributed by atoms with van der Waals surface area (Å²) in [5, 5.41) is 17.3. The normalized spacial score (nSPS) is 19.0. The number of aliphatic carboxylic acids is 1. The maximum Gasteiger partial charge on any atom is 0.326 e. The third kappa shape index (κ3) is 2.56. The van der Waals surface area contributed by atoms with Gasteiger partial charge in [0.1, 0.15) is 17.6 Å². The lowest BCUT2D eigenvalue weighted by Gasteiger charge is -2.25. The van der Waals surface area contributed by atoms with Gasteiger partial charge in [-0.15, -0.1) is 5.10 Å². The zero-order chi connectivity index (χ0) is 16.6. The fourth-order valence-electron chi connectivity index (χ4n) is 2.89. The largest absolute Gasteiger partial charge is 0.480 e. The van der Waals surface area contributed by atoms with Crippen molar-refractivity contribution in [3.8, 4) is 0 Å². The van der Waals surface area contributed by atoms with Gasteiger partial charge in [-0.05, 0) is 31.9 Å². The molecule has 1 fully saturated rings. The van der Waals surface area contributed by atoms with Gasteiger partial charge in [-0.1, -0.05) is 17.3 Å². The van der Waals surface area contributed by atoms with Crippen LogP contribution in [0.4, 0.5) is 0 Å². The zero-order valence-corrected chi connectivity index (χ0v) is 12.5. The molecule has 120 valence electrons. The second kappa shape index (κ2) is 5.79. The molecule has 1 aliphatic rings. The Hall–Kier alpha value is -2.77. The van der Waals surface area contributed by atoms with Crippen molar-refractivity contribution in [1.82, 2.24) is 19.9 Å². The molecule has 3 rings (SSSR count). The molecule has 0 radical (unpaired) electrons. The lowest BCUT2D eigenvalue weighted by molar-refractivity contribution is -0.149. The van der Waals surface area contributed by atoms with Crippen LogP contribution in [-0.2, 0) is 9.59 Å². The van der Waals surface area contributed by atoms with E-state index in [1.165, 1.54) is 11.8 Å². The first-order chi connectivity index (χ1) is 11.0. The Labute approximate surface area is 131 Å². The molecule has 2 aromatic rings. The van der Waals surface area contributed by atoms with E-state index in [2.05, 4.69) is 10.3 Å². The molecule has 1 N–H and O–H groups in total. The minimum Gasteiger partial charge on any atom is -0.480 e. The van der Waals surface area contributed by atoms with E-state index in [9.17, 15) is 19.5 Å². The average Bonchev–Trinajstić information content (AvgIpc) is 3.04. The third-order valence-electron chi connectivity index (χ3n) is 4.14. The molecule has 2 atom stereocenters. The molecule has 2 heterocycles. The molecule has 0 saturated carbocycles. The number of hydrogen-bond acceptors (Lipinski definition) is 5. The molecular formula is C15H16N4O4. The number of amides is 1. The number of rotatable bonds is 3. The highest BCUT2D eigenvalue weighted by atomic mass is 16.4. The maximum atomic E-state index is 12.6. The Morgan fingerprint density at radius 3 is 2.83 bits per heavy atom. The minimum atomic E-state index is -1.03. The molecule has 1 saturated heterocycles. The smallest absolute Gasteiger partial charge is 0.326 e.